The summed E-state index contributed by atoms with van der Waals surface area (Å²) in [5.74, 6) is -1.26. The van der Waals surface area contributed by atoms with E-state index >= 15 is 0 Å². The Hall–Kier alpha value is -2.11. The number of nitrogens with one attached hydrogen (secondary N) is 1. The molecule has 2 aliphatic rings. The Bertz CT molecular complexity index is 607. The lowest BCUT2D eigenvalue weighted by Gasteiger charge is -2.20. The molecule has 2 amide bonds. The molecule has 1 aromatic rings. The highest BCUT2D eigenvalue weighted by atomic mass is 19.1. The Balaban J connectivity index is 1.52. The number of amides is 2. The summed E-state index contributed by atoms with van der Waals surface area (Å²) < 4.78 is 13.3. The van der Waals surface area contributed by atoms with Crippen LogP contribution >= 0.6 is 0 Å². The minimum Gasteiger partial charge on any atom is -0.481 e. The number of carbonyl (C=O) groups is 2. The first kappa shape index (κ1) is 15.8. The van der Waals surface area contributed by atoms with Crippen molar-refractivity contribution in [1.29, 1.82) is 0 Å². The number of halogens is 1. The molecule has 1 aliphatic carbocycles. The summed E-state index contributed by atoms with van der Waals surface area (Å²) in [5, 5.41) is 12.0. The van der Waals surface area contributed by atoms with Crippen molar-refractivity contribution < 1.29 is 19.1 Å². The van der Waals surface area contributed by atoms with E-state index < -0.39 is 11.9 Å². The van der Waals surface area contributed by atoms with Crippen molar-refractivity contribution in [2.24, 2.45) is 5.92 Å². The predicted octanol–water partition coefficient (Wildman–Crippen LogP) is 2.58. The largest absolute Gasteiger partial charge is 0.481 e. The molecule has 3 unspecified atom stereocenters. The average molecular weight is 320 g/mol. The van der Waals surface area contributed by atoms with E-state index in [1.807, 2.05) is 6.07 Å². The monoisotopic (exact) mass is 320 g/mol. The van der Waals surface area contributed by atoms with Crippen molar-refractivity contribution in [2.45, 2.75) is 37.6 Å². The first-order valence-electron chi connectivity index (χ1n) is 8.06. The SMILES string of the molecule is O=C(O)C1CCN(C(=O)NC2CCC(c3cccc(F)c3)C2)C1. The van der Waals surface area contributed by atoms with Gasteiger partial charge in [-0.15, -0.1) is 0 Å². The molecule has 0 bridgehead atoms. The first-order chi connectivity index (χ1) is 11.0. The molecule has 1 aliphatic heterocycles. The van der Waals surface area contributed by atoms with Gasteiger partial charge in [-0.2, -0.15) is 0 Å². The zero-order chi connectivity index (χ0) is 16.4. The van der Waals surface area contributed by atoms with E-state index in [1.165, 1.54) is 6.07 Å². The van der Waals surface area contributed by atoms with Crippen molar-refractivity contribution in [3.63, 3.8) is 0 Å². The molecule has 0 aromatic heterocycles. The van der Waals surface area contributed by atoms with Gasteiger partial charge in [0.25, 0.3) is 0 Å². The second-order valence-electron chi connectivity index (χ2n) is 6.48. The van der Waals surface area contributed by atoms with Gasteiger partial charge in [0.15, 0.2) is 0 Å². The minimum absolute atomic E-state index is 0.0691. The molecule has 2 fully saturated rings. The summed E-state index contributed by atoms with van der Waals surface area (Å²) in [4.78, 5) is 24.8. The van der Waals surface area contributed by atoms with Crippen LogP contribution in [0.5, 0.6) is 0 Å². The summed E-state index contributed by atoms with van der Waals surface area (Å²) in [5.41, 5.74) is 0.980. The molecule has 5 nitrogen and oxygen atoms in total. The molecular formula is C17H21FN2O3. The van der Waals surface area contributed by atoms with Crippen LogP contribution in [0.1, 0.15) is 37.2 Å². The van der Waals surface area contributed by atoms with Gasteiger partial charge in [0.2, 0.25) is 0 Å². The fourth-order valence-electron chi connectivity index (χ4n) is 3.59. The maximum absolute atomic E-state index is 13.3. The molecule has 1 saturated heterocycles. The summed E-state index contributed by atoms with van der Waals surface area (Å²) in [6, 6.07) is 6.53. The van der Waals surface area contributed by atoms with Crippen LogP contribution in [0, 0.1) is 11.7 Å². The third-order valence-corrected chi connectivity index (χ3v) is 4.91. The molecule has 124 valence electrons. The highest BCUT2D eigenvalue weighted by molar-refractivity contribution is 5.77. The summed E-state index contributed by atoms with van der Waals surface area (Å²) in [6.07, 6.45) is 3.10. The van der Waals surface area contributed by atoms with Crippen LogP contribution in [0.2, 0.25) is 0 Å². The molecule has 1 aromatic carbocycles. The standard InChI is InChI=1S/C17H21FN2O3/c18-14-3-1-2-11(8-14)12-4-5-15(9-12)19-17(23)20-7-6-13(10-20)16(21)22/h1-3,8,12-13,15H,4-7,9-10H2,(H,19,23)(H,21,22). The van der Waals surface area contributed by atoms with Crippen molar-refractivity contribution in [2.75, 3.05) is 13.1 Å². The van der Waals surface area contributed by atoms with Gasteiger partial charge in [0, 0.05) is 19.1 Å². The number of benzene rings is 1. The van der Waals surface area contributed by atoms with Gasteiger partial charge < -0.3 is 15.3 Å². The summed E-state index contributed by atoms with van der Waals surface area (Å²) in [7, 11) is 0. The third-order valence-electron chi connectivity index (χ3n) is 4.91. The topological polar surface area (TPSA) is 69.6 Å². The lowest BCUT2D eigenvalue weighted by molar-refractivity contribution is -0.141. The van der Waals surface area contributed by atoms with Gasteiger partial charge in [-0.3, -0.25) is 4.79 Å². The van der Waals surface area contributed by atoms with Gasteiger partial charge in [-0.05, 0) is 49.3 Å². The van der Waals surface area contributed by atoms with Crippen LogP contribution in [-0.2, 0) is 4.79 Å². The van der Waals surface area contributed by atoms with E-state index in [1.54, 1.807) is 17.0 Å². The molecule has 0 spiro atoms. The lowest BCUT2D eigenvalue weighted by Crippen LogP contribution is -2.43. The molecule has 3 atom stereocenters. The fourth-order valence-corrected chi connectivity index (χ4v) is 3.59. The molecule has 1 heterocycles. The van der Waals surface area contributed by atoms with Crippen LogP contribution in [0.25, 0.3) is 0 Å². The maximum Gasteiger partial charge on any atom is 0.317 e. The Kier molecular flexibility index (Phi) is 4.50. The number of nitrogens with zero attached hydrogens (tertiary/aromatic N) is 1. The van der Waals surface area contributed by atoms with E-state index in [0.717, 1.165) is 24.8 Å². The Labute approximate surface area is 134 Å². The first-order valence-corrected chi connectivity index (χ1v) is 8.06. The Morgan fingerprint density at radius 3 is 2.78 bits per heavy atom. The number of carboxylic acids is 1. The normalized spacial score (nSPS) is 27.2. The number of carbonyl (C=O) groups excluding carboxylic acids is 1. The smallest absolute Gasteiger partial charge is 0.317 e. The molecule has 1 saturated carbocycles. The fraction of sp³-hybridized carbons (Fsp3) is 0.529. The van der Waals surface area contributed by atoms with E-state index in [9.17, 15) is 14.0 Å². The molecule has 23 heavy (non-hydrogen) atoms. The van der Waals surface area contributed by atoms with E-state index in [4.69, 9.17) is 5.11 Å². The molecule has 0 radical (unpaired) electrons. The second kappa shape index (κ2) is 6.56. The van der Waals surface area contributed by atoms with Crippen LogP contribution in [0.4, 0.5) is 9.18 Å². The highest BCUT2D eigenvalue weighted by Crippen LogP contribution is 2.34. The number of carboxylic acid groups (broad SMARTS) is 1. The molecule has 3 rings (SSSR count). The van der Waals surface area contributed by atoms with Gasteiger partial charge in [-0.25, -0.2) is 9.18 Å². The zero-order valence-corrected chi connectivity index (χ0v) is 12.9. The molecular weight excluding hydrogens is 299 g/mol. The van der Waals surface area contributed by atoms with Gasteiger partial charge >= 0.3 is 12.0 Å². The van der Waals surface area contributed by atoms with Crippen LogP contribution in [0.3, 0.4) is 0 Å². The van der Waals surface area contributed by atoms with Crippen molar-refractivity contribution in [3.8, 4) is 0 Å². The number of urea groups is 1. The van der Waals surface area contributed by atoms with Gasteiger partial charge in [-0.1, -0.05) is 12.1 Å². The second-order valence-corrected chi connectivity index (χ2v) is 6.48. The number of likely N-dealkylation sites (tertiary alicyclic amines) is 1. The third kappa shape index (κ3) is 3.63. The summed E-state index contributed by atoms with van der Waals surface area (Å²) >= 11 is 0. The van der Waals surface area contributed by atoms with Crippen LogP contribution in [0.15, 0.2) is 24.3 Å². The van der Waals surface area contributed by atoms with Crippen molar-refractivity contribution in [3.05, 3.63) is 35.6 Å². The number of rotatable bonds is 3. The van der Waals surface area contributed by atoms with Gasteiger partial charge in [0.1, 0.15) is 5.82 Å². The predicted molar refractivity (Wildman–Crippen MR) is 82.6 cm³/mol. The Morgan fingerprint density at radius 2 is 2.09 bits per heavy atom. The van der Waals surface area contributed by atoms with E-state index in [-0.39, 0.29) is 30.4 Å². The number of hydrogen-bond donors (Lipinski definition) is 2. The van der Waals surface area contributed by atoms with Crippen molar-refractivity contribution in [1.82, 2.24) is 10.2 Å². The lowest BCUT2D eigenvalue weighted by atomic mass is 9.97. The van der Waals surface area contributed by atoms with Crippen LogP contribution < -0.4 is 5.32 Å². The highest BCUT2D eigenvalue weighted by Gasteiger charge is 2.33. The summed E-state index contributed by atoms with van der Waals surface area (Å²) in [6.45, 7) is 0.768. The van der Waals surface area contributed by atoms with E-state index in [2.05, 4.69) is 5.32 Å². The minimum atomic E-state index is -0.840. The maximum atomic E-state index is 13.3. The quantitative estimate of drug-likeness (QED) is 0.899. The zero-order valence-electron chi connectivity index (χ0n) is 12.9. The van der Waals surface area contributed by atoms with Crippen molar-refractivity contribution >= 4 is 12.0 Å². The molecule has 6 heteroatoms. The Morgan fingerprint density at radius 1 is 1.26 bits per heavy atom. The number of aliphatic carboxylic acids is 1. The van der Waals surface area contributed by atoms with Crippen LogP contribution in [-0.4, -0.2) is 41.1 Å². The number of hydrogen-bond acceptors (Lipinski definition) is 2. The van der Waals surface area contributed by atoms with E-state index in [0.29, 0.717) is 13.0 Å². The van der Waals surface area contributed by atoms with Gasteiger partial charge in [0.05, 0.1) is 5.92 Å². The molecule has 2 N–H and O–H groups in total. The average Bonchev–Trinajstić information content (AvgIpc) is 3.16.